The van der Waals surface area contributed by atoms with Gasteiger partial charge in [-0.15, -0.1) is 0 Å². The van der Waals surface area contributed by atoms with Crippen LogP contribution in [0.2, 0.25) is 0 Å². The van der Waals surface area contributed by atoms with Gasteiger partial charge in [0, 0.05) is 15.8 Å². The van der Waals surface area contributed by atoms with E-state index in [9.17, 15) is 12.8 Å². The number of hydrogen-bond acceptors (Lipinski definition) is 3. The van der Waals surface area contributed by atoms with E-state index in [-0.39, 0.29) is 9.64 Å². The maximum atomic E-state index is 13.6. The molecule has 1 aliphatic rings. The lowest BCUT2D eigenvalue weighted by atomic mass is 10.3. The molecule has 100 valence electrons. The van der Waals surface area contributed by atoms with Crippen molar-refractivity contribution in [2.45, 2.75) is 22.5 Å². The van der Waals surface area contributed by atoms with E-state index in [1.807, 2.05) is 6.26 Å². The third-order valence-electron chi connectivity index (χ3n) is 3.01. The van der Waals surface area contributed by atoms with Crippen molar-refractivity contribution in [3.63, 3.8) is 0 Å². The first kappa shape index (κ1) is 14.3. The predicted molar refractivity (Wildman–Crippen MR) is 74.8 cm³/mol. The Morgan fingerprint density at radius 1 is 1.50 bits per heavy atom. The molecular weight excluding hydrogens is 341 g/mol. The lowest BCUT2D eigenvalue weighted by Crippen LogP contribution is -2.32. The maximum Gasteiger partial charge on any atom is 0.243 e. The summed E-state index contributed by atoms with van der Waals surface area (Å²) in [5.41, 5.74) is 0. The van der Waals surface area contributed by atoms with Gasteiger partial charge in [0.15, 0.2) is 0 Å². The van der Waals surface area contributed by atoms with Gasteiger partial charge in [0.2, 0.25) is 10.0 Å². The molecule has 1 N–H and O–H groups in total. The standard InChI is InChI=1S/C11H13BrFNO2S2/c1-17-11(4-5-11)7-14-18(15,16)10-3-2-8(12)6-9(10)13/h2-3,6,14H,4-5,7H2,1H3. The van der Waals surface area contributed by atoms with Gasteiger partial charge in [0.1, 0.15) is 10.7 Å². The monoisotopic (exact) mass is 353 g/mol. The quantitative estimate of drug-likeness (QED) is 0.885. The minimum Gasteiger partial charge on any atom is -0.210 e. The second-order valence-corrected chi connectivity index (χ2v) is 8.21. The van der Waals surface area contributed by atoms with Gasteiger partial charge in [-0.25, -0.2) is 17.5 Å². The Bertz CT molecular complexity index is 558. The Labute approximate surface area is 119 Å². The van der Waals surface area contributed by atoms with Crippen LogP contribution in [0.25, 0.3) is 0 Å². The second kappa shape index (κ2) is 5.11. The zero-order chi connectivity index (χ0) is 13.4. The van der Waals surface area contributed by atoms with Crippen LogP contribution in [0.1, 0.15) is 12.8 Å². The van der Waals surface area contributed by atoms with Crippen LogP contribution in [0.5, 0.6) is 0 Å². The van der Waals surface area contributed by atoms with E-state index in [0.717, 1.165) is 18.9 Å². The Hall–Kier alpha value is -0.110. The molecule has 0 heterocycles. The normalized spacial score (nSPS) is 17.7. The van der Waals surface area contributed by atoms with Gasteiger partial charge in [-0.1, -0.05) is 15.9 Å². The summed E-state index contributed by atoms with van der Waals surface area (Å²) in [6.45, 7) is 0.353. The van der Waals surface area contributed by atoms with Crippen molar-refractivity contribution in [3.8, 4) is 0 Å². The minimum atomic E-state index is -3.77. The van der Waals surface area contributed by atoms with E-state index in [1.54, 1.807) is 11.8 Å². The zero-order valence-corrected chi connectivity index (χ0v) is 13.0. The Morgan fingerprint density at radius 2 is 2.17 bits per heavy atom. The van der Waals surface area contributed by atoms with Crippen LogP contribution < -0.4 is 4.72 Å². The summed E-state index contributed by atoms with van der Waals surface area (Å²) in [7, 11) is -3.77. The minimum absolute atomic E-state index is 0.0128. The van der Waals surface area contributed by atoms with Crippen LogP contribution >= 0.6 is 27.7 Å². The third-order valence-corrected chi connectivity index (χ3v) is 6.35. The van der Waals surface area contributed by atoms with E-state index >= 15 is 0 Å². The van der Waals surface area contributed by atoms with Crippen molar-refractivity contribution in [1.82, 2.24) is 4.72 Å². The van der Waals surface area contributed by atoms with Gasteiger partial charge in [-0.05, 0) is 37.3 Å². The van der Waals surface area contributed by atoms with Crippen LogP contribution in [0.3, 0.4) is 0 Å². The highest BCUT2D eigenvalue weighted by atomic mass is 79.9. The molecule has 0 bridgehead atoms. The number of sulfonamides is 1. The van der Waals surface area contributed by atoms with Crippen LogP contribution in [-0.4, -0.2) is 26.0 Å². The van der Waals surface area contributed by atoms with Gasteiger partial charge in [-0.3, -0.25) is 0 Å². The zero-order valence-electron chi connectivity index (χ0n) is 9.74. The first-order chi connectivity index (χ1) is 8.38. The number of hydrogen-bond donors (Lipinski definition) is 1. The van der Waals surface area contributed by atoms with E-state index in [4.69, 9.17) is 0 Å². The highest BCUT2D eigenvalue weighted by Gasteiger charge is 2.42. The van der Waals surface area contributed by atoms with Crippen molar-refractivity contribution >= 4 is 37.7 Å². The largest absolute Gasteiger partial charge is 0.243 e. The summed E-state index contributed by atoms with van der Waals surface area (Å²) in [4.78, 5) is -0.303. The van der Waals surface area contributed by atoms with E-state index in [2.05, 4.69) is 20.7 Å². The van der Waals surface area contributed by atoms with Crippen LogP contribution in [-0.2, 0) is 10.0 Å². The molecule has 1 saturated carbocycles. The molecule has 1 aromatic carbocycles. The molecule has 0 saturated heterocycles. The van der Waals surface area contributed by atoms with Gasteiger partial charge in [-0.2, -0.15) is 11.8 Å². The van der Waals surface area contributed by atoms with Gasteiger partial charge < -0.3 is 0 Å². The molecule has 1 fully saturated rings. The van der Waals surface area contributed by atoms with E-state index in [1.165, 1.54) is 12.1 Å². The third kappa shape index (κ3) is 3.07. The van der Waals surface area contributed by atoms with Gasteiger partial charge in [0.05, 0.1) is 0 Å². The maximum absolute atomic E-state index is 13.6. The highest BCUT2D eigenvalue weighted by Crippen LogP contribution is 2.46. The molecule has 0 aliphatic heterocycles. The Morgan fingerprint density at radius 3 is 2.67 bits per heavy atom. The topological polar surface area (TPSA) is 46.2 Å². The highest BCUT2D eigenvalue weighted by molar-refractivity contribution is 9.10. The molecule has 0 amide bonds. The van der Waals surface area contributed by atoms with Crippen LogP contribution in [0.15, 0.2) is 27.6 Å². The van der Waals surface area contributed by atoms with Crippen molar-refractivity contribution in [2.75, 3.05) is 12.8 Å². The van der Waals surface area contributed by atoms with Crippen LogP contribution in [0.4, 0.5) is 4.39 Å². The predicted octanol–water partition coefficient (Wildman–Crippen LogP) is 2.76. The summed E-state index contributed by atoms with van der Waals surface area (Å²) in [6.07, 6.45) is 3.96. The second-order valence-electron chi connectivity index (χ2n) is 4.29. The summed E-state index contributed by atoms with van der Waals surface area (Å²) in [5.74, 6) is -0.745. The van der Waals surface area contributed by atoms with Gasteiger partial charge >= 0.3 is 0 Å². The SMILES string of the molecule is CSC1(CNS(=O)(=O)c2ccc(Br)cc2F)CC1. The molecule has 7 heteroatoms. The molecule has 3 nitrogen and oxygen atoms in total. The molecule has 0 unspecified atom stereocenters. The molecule has 0 radical (unpaired) electrons. The summed E-state index contributed by atoms with van der Waals surface area (Å²) >= 11 is 4.75. The number of nitrogens with one attached hydrogen (secondary N) is 1. The summed E-state index contributed by atoms with van der Waals surface area (Å²) in [5, 5.41) is 0. The molecule has 2 rings (SSSR count). The Balaban J connectivity index is 2.15. The van der Waals surface area contributed by atoms with Crippen molar-refractivity contribution in [1.29, 1.82) is 0 Å². The number of benzene rings is 1. The fourth-order valence-corrected chi connectivity index (χ4v) is 3.93. The molecule has 1 aromatic rings. The van der Waals surface area contributed by atoms with E-state index in [0.29, 0.717) is 11.0 Å². The smallest absolute Gasteiger partial charge is 0.210 e. The summed E-state index contributed by atoms with van der Waals surface area (Å²) < 4.78 is 40.6. The molecular formula is C11H13BrFNO2S2. The molecule has 1 aliphatic carbocycles. The number of rotatable bonds is 5. The molecule has 0 spiro atoms. The fraction of sp³-hybridized carbons (Fsp3) is 0.455. The van der Waals surface area contributed by atoms with E-state index < -0.39 is 15.8 Å². The van der Waals surface area contributed by atoms with Crippen molar-refractivity contribution < 1.29 is 12.8 Å². The van der Waals surface area contributed by atoms with Crippen LogP contribution in [0, 0.1) is 5.82 Å². The Kier molecular flexibility index (Phi) is 4.06. The molecule has 0 atom stereocenters. The van der Waals surface area contributed by atoms with Gasteiger partial charge in [0.25, 0.3) is 0 Å². The summed E-state index contributed by atoms with van der Waals surface area (Å²) in [6, 6.07) is 3.93. The molecule has 0 aromatic heterocycles. The first-order valence-electron chi connectivity index (χ1n) is 5.38. The average Bonchev–Trinajstić information content (AvgIpc) is 3.07. The van der Waals surface area contributed by atoms with Crippen molar-refractivity contribution in [3.05, 3.63) is 28.5 Å². The fourth-order valence-electron chi connectivity index (χ4n) is 1.59. The number of halogens is 2. The first-order valence-corrected chi connectivity index (χ1v) is 8.89. The molecule has 18 heavy (non-hydrogen) atoms. The number of thioether (sulfide) groups is 1. The van der Waals surface area contributed by atoms with Crippen molar-refractivity contribution in [2.24, 2.45) is 0 Å². The average molecular weight is 354 g/mol. The lowest BCUT2D eigenvalue weighted by Gasteiger charge is -2.13. The lowest BCUT2D eigenvalue weighted by molar-refractivity contribution is 0.555.